The van der Waals surface area contributed by atoms with Gasteiger partial charge in [0.15, 0.2) is 0 Å². The van der Waals surface area contributed by atoms with Crippen molar-refractivity contribution in [2.75, 3.05) is 11.8 Å². The molecule has 0 saturated carbocycles. The molecule has 0 amide bonds. The van der Waals surface area contributed by atoms with E-state index in [1.165, 1.54) is 37.4 Å². The first kappa shape index (κ1) is 16.3. The van der Waals surface area contributed by atoms with Crippen LogP contribution in [0.4, 0.5) is 5.69 Å². The van der Waals surface area contributed by atoms with Crippen molar-refractivity contribution in [3.05, 3.63) is 58.6 Å². The molecule has 0 atom stereocenters. The van der Waals surface area contributed by atoms with Gasteiger partial charge in [0.1, 0.15) is 0 Å². The van der Waals surface area contributed by atoms with Gasteiger partial charge in [-0.1, -0.05) is 29.3 Å². The lowest BCUT2D eigenvalue weighted by molar-refractivity contribution is 0.0601. The second-order valence-electron chi connectivity index (χ2n) is 4.64. The molecule has 0 unspecified atom stereocenters. The molecule has 7 heteroatoms. The second kappa shape index (κ2) is 6.37. The fourth-order valence-electron chi connectivity index (χ4n) is 1.82. The molecule has 22 heavy (non-hydrogen) atoms. The summed E-state index contributed by atoms with van der Waals surface area (Å²) in [6.07, 6.45) is 0. The maximum atomic E-state index is 12.3. The van der Waals surface area contributed by atoms with Crippen LogP contribution in [-0.4, -0.2) is 21.5 Å². The maximum absolute atomic E-state index is 12.3. The van der Waals surface area contributed by atoms with Gasteiger partial charge in [-0.15, -0.1) is 0 Å². The average molecular weight is 340 g/mol. The van der Waals surface area contributed by atoms with Crippen molar-refractivity contribution in [1.82, 2.24) is 0 Å². The lowest BCUT2D eigenvalue weighted by Gasteiger charge is -2.10. The van der Waals surface area contributed by atoms with Gasteiger partial charge in [0, 0.05) is 5.02 Å². The number of rotatable bonds is 4. The number of esters is 1. The number of aryl methyl sites for hydroxylation is 1. The topological polar surface area (TPSA) is 72.5 Å². The van der Waals surface area contributed by atoms with Gasteiger partial charge in [-0.25, -0.2) is 13.2 Å². The minimum absolute atomic E-state index is 0.123. The standard InChI is InChI=1S/C15H14ClNO4S/c1-10-3-5-14(6-4-10)22(19,20)17-13-8-11(15(18)21-2)7-12(16)9-13/h3-9,17H,1-2H3. The van der Waals surface area contributed by atoms with Crippen molar-refractivity contribution >= 4 is 33.3 Å². The molecule has 0 radical (unpaired) electrons. The Kier molecular flexibility index (Phi) is 4.73. The molecular formula is C15H14ClNO4S. The number of ether oxygens (including phenoxy) is 1. The Morgan fingerprint density at radius 3 is 2.36 bits per heavy atom. The molecule has 0 spiro atoms. The summed E-state index contributed by atoms with van der Waals surface area (Å²) in [5, 5.41) is 0.226. The van der Waals surface area contributed by atoms with Gasteiger partial charge < -0.3 is 4.74 Å². The Morgan fingerprint density at radius 1 is 1.14 bits per heavy atom. The van der Waals surface area contributed by atoms with Gasteiger partial charge in [0.25, 0.3) is 10.0 Å². The number of hydrogen-bond donors (Lipinski definition) is 1. The first-order valence-corrected chi connectivity index (χ1v) is 8.16. The summed E-state index contributed by atoms with van der Waals surface area (Å²) in [4.78, 5) is 11.7. The van der Waals surface area contributed by atoms with Crippen LogP contribution in [0.25, 0.3) is 0 Å². The number of nitrogens with one attached hydrogen (secondary N) is 1. The molecule has 0 aliphatic heterocycles. The quantitative estimate of drug-likeness (QED) is 0.868. The highest BCUT2D eigenvalue weighted by Crippen LogP contribution is 2.22. The predicted molar refractivity (Wildman–Crippen MR) is 84.8 cm³/mol. The number of benzene rings is 2. The van der Waals surface area contributed by atoms with E-state index in [0.717, 1.165) is 5.56 Å². The number of hydrogen-bond acceptors (Lipinski definition) is 4. The van der Waals surface area contributed by atoms with Gasteiger partial charge in [-0.2, -0.15) is 0 Å². The SMILES string of the molecule is COC(=O)c1cc(Cl)cc(NS(=O)(=O)c2ccc(C)cc2)c1. The molecule has 116 valence electrons. The van der Waals surface area contributed by atoms with E-state index in [2.05, 4.69) is 9.46 Å². The molecule has 2 aromatic carbocycles. The summed E-state index contributed by atoms with van der Waals surface area (Å²) >= 11 is 5.90. The van der Waals surface area contributed by atoms with Crippen LogP contribution < -0.4 is 4.72 Å². The van der Waals surface area contributed by atoms with Crippen LogP contribution >= 0.6 is 11.6 Å². The first-order valence-electron chi connectivity index (χ1n) is 6.30. The van der Waals surface area contributed by atoms with Crippen LogP contribution in [-0.2, 0) is 14.8 Å². The van der Waals surface area contributed by atoms with Gasteiger partial charge in [-0.3, -0.25) is 4.72 Å². The summed E-state index contributed by atoms with van der Waals surface area (Å²) in [5.41, 5.74) is 1.31. The van der Waals surface area contributed by atoms with E-state index in [1.807, 2.05) is 6.92 Å². The van der Waals surface area contributed by atoms with Gasteiger partial charge in [0.2, 0.25) is 0 Å². The third-order valence-corrected chi connectivity index (χ3v) is 4.52. The Morgan fingerprint density at radius 2 is 1.77 bits per heavy atom. The van der Waals surface area contributed by atoms with Crippen molar-refractivity contribution in [2.45, 2.75) is 11.8 Å². The van der Waals surface area contributed by atoms with Crippen LogP contribution in [0.3, 0.4) is 0 Å². The molecule has 2 rings (SSSR count). The number of halogens is 1. The third kappa shape index (κ3) is 3.78. The summed E-state index contributed by atoms with van der Waals surface area (Å²) in [6.45, 7) is 1.86. The predicted octanol–water partition coefficient (Wildman–Crippen LogP) is 3.24. The van der Waals surface area contributed by atoms with Crippen LogP contribution in [0.15, 0.2) is 47.4 Å². The van der Waals surface area contributed by atoms with E-state index in [0.29, 0.717) is 0 Å². The maximum Gasteiger partial charge on any atom is 0.337 e. The summed E-state index contributed by atoms with van der Waals surface area (Å²) in [5.74, 6) is -0.599. The zero-order valence-corrected chi connectivity index (χ0v) is 13.5. The lowest BCUT2D eigenvalue weighted by atomic mass is 10.2. The number of anilines is 1. The molecule has 0 aliphatic rings. The van der Waals surface area contributed by atoms with Crippen LogP contribution in [0.5, 0.6) is 0 Å². The fraction of sp³-hybridized carbons (Fsp3) is 0.133. The smallest absolute Gasteiger partial charge is 0.337 e. The highest BCUT2D eigenvalue weighted by atomic mass is 35.5. The Balaban J connectivity index is 2.35. The van der Waals surface area contributed by atoms with E-state index in [4.69, 9.17) is 11.6 Å². The zero-order valence-electron chi connectivity index (χ0n) is 12.0. The highest BCUT2D eigenvalue weighted by Gasteiger charge is 2.16. The van der Waals surface area contributed by atoms with E-state index in [-0.39, 0.29) is 21.2 Å². The molecule has 0 saturated heterocycles. The lowest BCUT2D eigenvalue weighted by Crippen LogP contribution is -2.13. The van der Waals surface area contributed by atoms with Crippen molar-refractivity contribution < 1.29 is 17.9 Å². The first-order chi connectivity index (χ1) is 10.3. The third-order valence-electron chi connectivity index (χ3n) is 2.90. The van der Waals surface area contributed by atoms with Gasteiger partial charge >= 0.3 is 5.97 Å². The minimum Gasteiger partial charge on any atom is -0.465 e. The van der Waals surface area contributed by atoms with Gasteiger partial charge in [-0.05, 0) is 37.3 Å². The summed E-state index contributed by atoms with van der Waals surface area (Å²) in [7, 11) is -2.52. The van der Waals surface area contributed by atoms with E-state index in [1.54, 1.807) is 12.1 Å². The second-order valence-corrected chi connectivity index (χ2v) is 6.76. The number of sulfonamides is 1. The van der Waals surface area contributed by atoms with Crippen molar-refractivity contribution in [3.8, 4) is 0 Å². The normalized spacial score (nSPS) is 11.0. The number of methoxy groups -OCH3 is 1. The molecule has 5 nitrogen and oxygen atoms in total. The summed E-state index contributed by atoms with van der Waals surface area (Å²) < 4.78 is 31.6. The molecule has 0 aromatic heterocycles. The van der Waals surface area contributed by atoms with Crippen molar-refractivity contribution in [1.29, 1.82) is 0 Å². The Hall–Kier alpha value is -2.05. The molecular weight excluding hydrogens is 326 g/mol. The minimum atomic E-state index is -3.76. The van der Waals surface area contributed by atoms with Crippen LogP contribution in [0, 0.1) is 6.92 Å². The molecule has 0 aliphatic carbocycles. The average Bonchev–Trinajstić information content (AvgIpc) is 2.45. The highest BCUT2D eigenvalue weighted by molar-refractivity contribution is 7.92. The molecule has 0 heterocycles. The van der Waals surface area contributed by atoms with Gasteiger partial charge in [0.05, 0.1) is 23.3 Å². The Bertz CT molecular complexity index is 801. The zero-order chi connectivity index (χ0) is 16.3. The number of carbonyl (C=O) groups is 1. The molecule has 2 aromatic rings. The van der Waals surface area contributed by atoms with E-state index >= 15 is 0 Å². The largest absolute Gasteiger partial charge is 0.465 e. The van der Waals surface area contributed by atoms with Crippen LogP contribution in [0.1, 0.15) is 15.9 Å². The fourth-order valence-corrected chi connectivity index (χ4v) is 3.09. The molecule has 0 fully saturated rings. The van der Waals surface area contributed by atoms with E-state index < -0.39 is 16.0 Å². The van der Waals surface area contributed by atoms with Crippen molar-refractivity contribution in [2.24, 2.45) is 0 Å². The number of carbonyl (C=O) groups excluding carboxylic acids is 1. The Labute approximate surface area is 133 Å². The van der Waals surface area contributed by atoms with Crippen molar-refractivity contribution in [3.63, 3.8) is 0 Å². The monoisotopic (exact) mass is 339 g/mol. The molecule has 1 N–H and O–H groups in total. The van der Waals surface area contributed by atoms with Crippen LogP contribution in [0.2, 0.25) is 5.02 Å². The van der Waals surface area contributed by atoms with E-state index in [9.17, 15) is 13.2 Å². The molecule has 0 bridgehead atoms. The summed E-state index contributed by atoms with van der Waals surface area (Å²) in [6, 6.07) is 10.6.